The Morgan fingerprint density at radius 1 is 1.19 bits per heavy atom. The van der Waals surface area contributed by atoms with Crippen molar-refractivity contribution in [1.82, 2.24) is 0 Å². The number of ether oxygens (including phenoxy) is 2. The van der Waals surface area contributed by atoms with E-state index in [1.807, 2.05) is 51.1 Å². The van der Waals surface area contributed by atoms with Crippen molar-refractivity contribution in [2.24, 2.45) is 11.3 Å². The van der Waals surface area contributed by atoms with E-state index in [0.29, 0.717) is 0 Å². The molecule has 1 aromatic rings. The van der Waals surface area contributed by atoms with Gasteiger partial charge in [0.15, 0.2) is 0 Å². The van der Waals surface area contributed by atoms with Gasteiger partial charge < -0.3 is 9.47 Å². The summed E-state index contributed by atoms with van der Waals surface area (Å²) in [7, 11) is 0. The van der Waals surface area contributed by atoms with Gasteiger partial charge in [-0.3, -0.25) is 0 Å². The Balaban J connectivity index is 2.06. The van der Waals surface area contributed by atoms with Crippen LogP contribution >= 0.6 is 0 Å². The van der Waals surface area contributed by atoms with Gasteiger partial charge in [-0.05, 0) is 18.4 Å². The zero-order valence-electron chi connectivity index (χ0n) is 12.8. The highest BCUT2D eigenvalue weighted by Crippen LogP contribution is 2.48. The number of rotatable bonds is 2. The lowest BCUT2D eigenvalue weighted by atomic mass is 9.80. The first-order valence-electron chi connectivity index (χ1n) is 7.55. The minimum Gasteiger partial charge on any atom is -0.433 e. The quantitative estimate of drug-likeness (QED) is 0.613. The molecule has 3 atom stereocenters. The number of carbonyl (C=O) groups excluding carboxylic acids is 1. The third kappa shape index (κ3) is 2.30. The van der Waals surface area contributed by atoms with Gasteiger partial charge in [-0.2, -0.15) is 0 Å². The van der Waals surface area contributed by atoms with E-state index in [2.05, 4.69) is 12.2 Å². The third-order valence-corrected chi connectivity index (χ3v) is 4.25. The van der Waals surface area contributed by atoms with Crippen LogP contribution in [0.2, 0.25) is 0 Å². The molecule has 3 heteroatoms. The van der Waals surface area contributed by atoms with E-state index < -0.39 is 11.9 Å². The molecule has 0 unspecified atom stereocenters. The summed E-state index contributed by atoms with van der Waals surface area (Å²) in [4.78, 5) is 12.8. The normalized spacial score (nSPS) is 32.4. The molecule has 1 aliphatic heterocycles. The number of esters is 1. The first-order valence-corrected chi connectivity index (χ1v) is 7.55. The van der Waals surface area contributed by atoms with E-state index in [1.54, 1.807) is 0 Å². The first kappa shape index (κ1) is 14.3. The van der Waals surface area contributed by atoms with Crippen molar-refractivity contribution < 1.29 is 14.3 Å². The summed E-state index contributed by atoms with van der Waals surface area (Å²) in [5.41, 5.74) is -0.348. The minimum absolute atomic E-state index is 0.0414. The summed E-state index contributed by atoms with van der Waals surface area (Å²) in [5.74, 6) is -0.218. The van der Waals surface area contributed by atoms with Gasteiger partial charge in [0.05, 0.1) is 0 Å². The molecule has 0 bridgehead atoms. The predicted octanol–water partition coefficient (Wildman–Crippen LogP) is 3.79. The summed E-state index contributed by atoms with van der Waals surface area (Å²) < 4.78 is 11.9. The molecule has 3 rings (SSSR count). The largest absolute Gasteiger partial charge is 0.433 e. The van der Waals surface area contributed by atoms with Crippen molar-refractivity contribution in [3.63, 3.8) is 0 Å². The number of benzene rings is 1. The van der Waals surface area contributed by atoms with Gasteiger partial charge in [-0.25, -0.2) is 4.79 Å². The number of cyclic esters (lactones) is 1. The number of hydrogen-bond acceptors (Lipinski definition) is 3. The SMILES string of the molecule is CC(C)(C)[C@H]1OC(=O)[C@](c2ccccc2)([C@H]2C=CCC2)O1. The van der Waals surface area contributed by atoms with Crippen molar-refractivity contribution in [2.45, 2.75) is 45.5 Å². The van der Waals surface area contributed by atoms with Crippen molar-refractivity contribution in [3.05, 3.63) is 48.0 Å². The Kier molecular flexibility index (Phi) is 3.40. The molecule has 1 saturated heterocycles. The molecular weight excluding hydrogens is 264 g/mol. The van der Waals surface area contributed by atoms with Crippen molar-refractivity contribution in [3.8, 4) is 0 Å². The van der Waals surface area contributed by atoms with Crippen LogP contribution in [0.1, 0.15) is 39.2 Å². The molecule has 1 heterocycles. The van der Waals surface area contributed by atoms with Crippen LogP contribution in [0, 0.1) is 11.3 Å². The summed E-state index contributed by atoms with van der Waals surface area (Å²) in [6.07, 6.45) is 5.60. The van der Waals surface area contributed by atoms with E-state index in [1.165, 1.54) is 0 Å². The zero-order chi connectivity index (χ0) is 15.1. The molecule has 21 heavy (non-hydrogen) atoms. The average Bonchev–Trinajstić information content (AvgIpc) is 3.07. The van der Waals surface area contributed by atoms with Crippen LogP contribution in [-0.4, -0.2) is 12.3 Å². The maximum Gasteiger partial charge on any atom is 0.346 e. The lowest BCUT2D eigenvalue weighted by Crippen LogP contribution is -2.41. The molecule has 112 valence electrons. The molecule has 0 N–H and O–H groups in total. The summed E-state index contributed by atoms with van der Waals surface area (Å²) in [5, 5.41) is 0. The van der Waals surface area contributed by atoms with Gasteiger partial charge in [0, 0.05) is 11.3 Å². The van der Waals surface area contributed by atoms with Gasteiger partial charge in [0.25, 0.3) is 0 Å². The van der Waals surface area contributed by atoms with E-state index >= 15 is 0 Å². The summed E-state index contributed by atoms with van der Waals surface area (Å²) in [6.45, 7) is 6.07. The predicted molar refractivity (Wildman–Crippen MR) is 80.4 cm³/mol. The lowest BCUT2D eigenvalue weighted by molar-refractivity contribution is -0.159. The lowest BCUT2D eigenvalue weighted by Gasteiger charge is -2.32. The molecule has 2 aliphatic rings. The molecule has 0 spiro atoms. The smallest absolute Gasteiger partial charge is 0.346 e. The summed E-state index contributed by atoms with van der Waals surface area (Å²) >= 11 is 0. The van der Waals surface area contributed by atoms with Crippen LogP contribution in [0.4, 0.5) is 0 Å². The molecule has 0 amide bonds. The molecule has 0 radical (unpaired) electrons. The van der Waals surface area contributed by atoms with Crippen LogP contribution < -0.4 is 0 Å². The molecule has 3 nitrogen and oxygen atoms in total. The van der Waals surface area contributed by atoms with Crippen molar-refractivity contribution in [2.75, 3.05) is 0 Å². The van der Waals surface area contributed by atoms with E-state index in [9.17, 15) is 4.79 Å². The number of carbonyl (C=O) groups is 1. The standard InChI is InChI=1S/C18H22O3/c1-17(2,3)16-20-15(19)18(21-16,14-11-7-8-12-14)13-9-5-4-6-10-13/h4-7,9-11,14,16H,8,12H2,1-3H3/t14-,16-,18-/m0/s1. The first-order chi connectivity index (χ1) is 9.94. The van der Waals surface area contributed by atoms with Gasteiger partial charge in [-0.15, -0.1) is 0 Å². The fraction of sp³-hybridized carbons (Fsp3) is 0.500. The fourth-order valence-electron chi connectivity index (χ4n) is 3.08. The molecule has 0 aromatic heterocycles. The van der Waals surface area contributed by atoms with Crippen LogP contribution in [0.25, 0.3) is 0 Å². The second-order valence-corrected chi connectivity index (χ2v) is 6.93. The highest BCUT2D eigenvalue weighted by atomic mass is 16.8. The third-order valence-electron chi connectivity index (χ3n) is 4.25. The van der Waals surface area contributed by atoms with Crippen LogP contribution in [-0.2, 0) is 19.9 Å². The van der Waals surface area contributed by atoms with Crippen molar-refractivity contribution >= 4 is 5.97 Å². The maximum absolute atomic E-state index is 12.8. The minimum atomic E-state index is -0.994. The van der Waals surface area contributed by atoms with Crippen LogP contribution in [0.15, 0.2) is 42.5 Å². The van der Waals surface area contributed by atoms with Gasteiger partial charge in [-0.1, -0.05) is 63.3 Å². The monoisotopic (exact) mass is 286 g/mol. The Labute approximate surface area is 125 Å². The highest BCUT2D eigenvalue weighted by molar-refractivity contribution is 5.84. The number of hydrogen-bond donors (Lipinski definition) is 0. The topological polar surface area (TPSA) is 35.5 Å². The van der Waals surface area contributed by atoms with Gasteiger partial charge >= 0.3 is 5.97 Å². The van der Waals surface area contributed by atoms with Crippen LogP contribution in [0.3, 0.4) is 0 Å². The Morgan fingerprint density at radius 3 is 2.43 bits per heavy atom. The maximum atomic E-state index is 12.8. The average molecular weight is 286 g/mol. The van der Waals surface area contributed by atoms with Crippen LogP contribution in [0.5, 0.6) is 0 Å². The van der Waals surface area contributed by atoms with E-state index in [0.717, 1.165) is 18.4 Å². The molecule has 1 fully saturated rings. The molecular formula is C18H22O3. The number of allylic oxidation sites excluding steroid dienone is 1. The molecule has 1 aliphatic carbocycles. The zero-order valence-corrected chi connectivity index (χ0v) is 12.8. The van der Waals surface area contributed by atoms with Gasteiger partial charge in [0.1, 0.15) is 0 Å². The van der Waals surface area contributed by atoms with Gasteiger partial charge in [0.2, 0.25) is 11.9 Å². The Hall–Kier alpha value is -1.61. The second-order valence-electron chi connectivity index (χ2n) is 6.93. The second kappa shape index (κ2) is 4.99. The highest BCUT2D eigenvalue weighted by Gasteiger charge is 2.58. The molecule has 1 aromatic carbocycles. The van der Waals surface area contributed by atoms with E-state index in [4.69, 9.17) is 9.47 Å². The molecule has 0 saturated carbocycles. The van der Waals surface area contributed by atoms with E-state index in [-0.39, 0.29) is 17.3 Å². The fourth-order valence-corrected chi connectivity index (χ4v) is 3.08. The van der Waals surface area contributed by atoms with Crippen molar-refractivity contribution in [1.29, 1.82) is 0 Å². The summed E-state index contributed by atoms with van der Waals surface area (Å²) in [6, 6.07) is 9.74. The Bertz CT molecular complexity index is 556. The Morgan fingerprint density at radius 2 is 1.90 bits per heavy atom.